The largest absolute Gasteiger partial charge is 0.309 e. The number of rotatable bonds is 6. The van der Waals surface area contributed by atoms with E-state index in [0.717, 1.165) is 110 Å². The molecule has 6 heteroatoms. The molecular weight excluding hydrogens is 901 g/mol. The summed E-state index contributed by atoms with van der Waals surface area (Å²) in [6, 6.07) is 90.5. The second-order valence-corrected chi connectivity index (χ2v) is 18.9. The molecule has 0 radical (unpaired) electrons. The van der Waals surface area contributed by atoms with Crippen LogP contribution in [-0.4, -0.2) is 18.3 Å². The number of nitriles is 2. The summed E-state index contributed by atoms with van der Waals surface area (Å²) in [7, 11) is 0. The van der Waals surface area contributed by atoms with Gasteiger partial charge in [0.25, 0.3) is 0 Å². The fourth-order valence-electron chi connectivity index (χ4n) is 12.4. The Morgan fingerprint density at radius 1 is 0.230 bits per heavy atom. The highest BCUT2D eigenvalue weighted by Gasteiger charge is 2.34. The third-order valence-electron chi connectivity index (χ3n) is 15.3. The van der Waals surface area contributed by atoms with Crippen LogP contribution in [0.5, 0.6) is 0 Å². The van der Waals surface area contributed by atoms with E-state index in [-0.39, 0.29) is 0 Å². The van der Waals surface area contributed by atoms with Crippen molar-refractivity contribution in [3.63, 3.8) is 0 Å². The van der Waals surface area contributed by atoms with Gasteiger partial charge in [-0.2, -0.15) is 10.5 Å². The number of para-hydroxylation sites is 10. The van der Waals surface area contributed by atoms with Crippen molar-refractivity contribution in [1.29, 1.82) is 10.5 Å². The average Bonchev–Trinajstić information content (AvgIpc) is 4.21. The standard InChI is InChI=1S/C68H40N6/c69-41-53-65(51-29-9-19-39-63(51)71-55-31-11-1-21-43(55)44-22-2-12-32-56(44)71)67(73-59-35-15-5-25-47(59)48-26-6-16-36-60(48)73)54(42-70)66(68(53)74-61-37-17-7-27-49(61)50-28-8-18-38-62(50)74)52-30-10-20-40-64(52)72-57-33-13-3-23-45(57)46-24-4-14-34-58(46)72/h1-40H. The lowest BCUT2D eigenvalue weighted by Crippen LogP contribution is -2.12. The van der Waals surface area contributed by atoms with Crippen LogP contribution in [0.2, 0.25) is 0 Å². The summed E-state index contributed by atoms with van der Waals surface area (Å²) < 4.78 is 9.16. The fourth-order valence-corrected chi connectivity index (χ4v) is 12.4. The van der Waals surface area contributed by atoms with Gasteiger partial charge in [0, 0.05) is 65.3 Å². The molecule has 0 bridgehead atoms. The summed E-state index contributed by atoms with van der Waals surface area (Å²) in [6.07, 6.45) is 0. The summed E-state index contributed by atoms with van der Waals surface area (Å²) in [5, 5.41) is 33.9. The van der Waals surface area contributed by atoms with Gasteiger partial charge in [0.2, 0.25) is 0 Å². The highest BCUT2D eigenvalue weighted by atomic mass is 15.0. The van der Waals surface area contributed by atoms with Gasteiger partial charge >= 0.3 is 0 Å². The van der Waals surface area contributed by atoms with Crippen LogP contribution in [0.1, 0.15) is 11.1 Å². The first-order valence-corrected chi connectivity index (χ1v) is 24.9. The van der Waals surface area contributed by atoms with E-state index in [1.807, 2.05) is 0 Å². The monoisotopic (exact) mass is 940 g/mol. The van der Waals surface area contributed by atoms with Crippen LogP contribution in [0, 0.1) is 22.7 Å². The third kappa shape index (κ3) is 5.68. The molecule has 0 aliphatic carbocycles. The molecule has 0 spiro atoms. The van der Waals surface area contributed by atoms with Crippen LogP contribution in [0.15, 0.2) is 243 Å². The molecule has 0 atom stereocenters. The Balaban J connectivity index is 1.21. The van der Waals surface area contributed by atoms with Crippen molar-refractivity contribution >= 4 is 87.2 Å². The summed E-state index contributed by atoms with van der Waals surface area (Å²) in [5.41, 5.74) is 14.7. The van der Waals surface area contributed by atoms with Gasteiger partial charge in [-0.05, 0) is 60.7 Å². The number of aromatic nitrogens is 4. The predicted octanol–water partition coefficient (Wildman–Crippen LogP) is 17.2. The first-order chi connectivity index (χ1) is 36.7. The molecule has 4 aromatic heterocycles. The molecule has 0 amide bonds. The second-order valence-electron chi connectivity index (χ2n) is 18.9. The predicted molar refractivity (Wildman–Crippen MR) is 304 cm³/mol. The van der Waals surface area contributed by atoms with Gasteiger partial charge in [-0.25, -0.2) is 0 Å². The maximum Gasteiger partial charge on any atom is 0.102 e. The first kappa shape index (κ1) is 41.4. The van der Waals surface area contributed by atoms with Gasteiger partial charge in [0.15, 0.2) is 0 Å². The van der Waals surface area contributed by atoms with E-state index in [9.17, 15) is 10.5 Å². The molecule has 0 fully saturated rings. The zero-order chi connectivity index (χ0) is 49.0. The lowest BCUT2D eigenvalue weighted by Gasteiger charge is -2.27. The minimum atomic E-state index is 0.438. The van der Waals surface area contributed by atoms with Crippen LogP contribution in [0.3, 0.4) is 0 Å². The van der Waals surface area contributed by atoms with E-state index in [0.29, 0.717) is 33.6 Å². The number of benzene rings is 11. The van der Waals surface area contributed by atoms with Gasteiger partial charge < -0.3 is 18.3 Å². The molecule has 0 N–H and O–H groups in total. The van der Waals surface area contributed by atoms with Gasteiger partial charge in [-0.3, -0.25) is 0 Å². The van der Waals surface area contributed by atoms with E-state index in [1.54, 1.807) is 0 Å². The zero-order valence-corrected chi connectivity index (χ0v) is 39.8. The topological polar surface area (TPSA) is 67.3 Å². The van der Waals surface area contributed by atoms with Crippen molar-refractivity contribution in [3.8, 4) is 57.1 Å². The Morgan fingerprint density at radius 3 is 0.676 bits per heavy atom. The highest BCUT2D eigenvalue weighted by Crippen LogP contribution is 2.51. The Bertz CT molecular complexity index is 4420. The van der Waals surface area contributed by atoms with E-state index < -0.39 is 0 Å². The van der Waals surface area contributed by atoms with Crippen molar-refractivity contribution in [2.45, 2.75) is 0 Å². The number of hydrogen-bond acceptors (Lipinski definition) is 2. The van der Waals surface area contributed by atoms with Crippen LogP contribution in [0.4, 0.5) is 0 Å². The molecule has 11 aromatic carbocycles. The van der Waals surface area contributed by atoms with E-state index in [2.05, 4.69) is 273 Å². The van der Waals surface area contributed by atoms with Crippen LogP contribution >= 0.6 is 0 Å². The molecule has 4 heterocycles. The maximum absolute atomic E-state index is 12.6. The quantitative estimate of drug-likeness (QED) is 0.167. The minimum Gasteiger partial charge on any atom is -0.309 e. The minimum absolute atomic E-state index is 0.438. The van der Waals surface area contributed by atoms with Crippen molar-refractivity contribution < 1.29 is 0 Å². The summed E-state index contributed by atoms with van der Waals surface area (Å²) in [5.74, 6) is 0. The lowest BCUT2D eigenvalue weighted by atomic mass is 9.85. The van der Waals surface area contributed by atoms with Gasteiger partial charge in [-0.1, -0.05) is 182 Å². The molecule has 0 aliphatic heterocycles. The molecule has 15 aromatic rings. The molecular formula is C68H40N6. The lowest BCUT2D eigenvalue weighted by molar-refractivity contribution is 1.12. The summed E-state index contributed by atoms with van der Waals surface area (Å²) >= 11 is 0. The zero-order valence-electron chi connectivity index (χ0n) is 39.8. The Kier molecular flexibility index (Phi) is 8.99. The second kappa shape index (κ2) is 16.1. The SMILES string of the molecule is N#Cc1c(-c2ccccc2-n2c3ccccc3c3ccccc32)c(-n2c3ccccc3c3ccccc32)c(C#N)c(-c2ccccc2-n2c3ccccc3c3ccccc32)c1-n1c2ccccc2c2ccccc21. The van der Waals surface area contributed by atoms with Crippen LogP contribution < -0.4 is 0 Å². The normalized spacial score (nSPS) is 11.8. The van der Waals surface area contributed by atoms with E-state index >= 15 is 0 Å². The Labute approximate surface area is 424 Å². The maximum atomic E-state index is 12.6. The number of nitrogens with zero attached hydrogens (tertiary/aromatic N) is 6. The van der Waals surface area contributed by atoms with Crippen molar-refractivity contribution in [2.24, 2.45) is 0 Å². The Morgan fingerprint density at radius 2 is 0.432 bits per heavy atom. The van der Waals surface area contributed by atoms with E-state index in [1.165, 1.54) is 0 Å². The molecule has 0 aliphatic rings. The molecule has 15 rings (SSSR count). The summed E-state index contributed by atoms with van der Waals surface area (Å²) in [6.45, 7) is 0. The Hall–Kier alpha value is -10.4. The molecule has 0 unspecified atom stereocenters. The van der Waals surface area contributed by atoms with Crippen molar-refractivity contribution in [2.75, 3.05) is 0 Å². The first-order valence-electron chi connectivity index (χ1n) is 24.9. The van der Waals surface area contributed by atoms with Gasteiger partial charge in [0.05, 0.1) is 78.0 Å². The molecule has 0 saturated heterocycles. The van der Waals surface area contributed by atoms with Crippen molar-refractivity contribution in [3.05, 3.63) is 254 Å². The smallest absolute Gasteiger partial charge is 0.102 e. The molecule has 342 valence electrons. The van der Waals surface area contributed by atoms with Crippen molar-refractivity contribution in [1.82, 2.24) is 18.3 Å². The molecule has 74 heavy (non-hydrogen) atoms. The number of hydrogen-bond donors (Lipinski definition) is 0. The van der Waals surface area contributed by atoms with Gasteiger partial charge in [0.1, 0.15) is 12.1 Å². The van der Waals surface area contributed by atoms with Crippen LogP contribution in [0.25, 0.3) is 132 Å². The van der Waals surface area contributed by atoms with E-state index in [4.69, 9.17) is 0 Å². The molecule has 0 saturated carbocycles. The molecule has 6 nitrogen and oxygen atoms in total. The fraction of sp³-hybridized carbons (Fsp3) is 0. The van der Waals surface area contributed by atoms with Crippen LogP contribution in [-0.2, 0) is 0 Å². The third-order valence-corrected chi connectivity index (χ3v) is 15.3. The average molecular weight is 941 g/mol. The summed E-state index contributed by atoms with van der Waals surface area (Å²) in [4.78, 5) is 0. The number of fused-ring (bicyclic) bond motifs is 12. The van der Waals surface area contributed by atoms with Gasteiger partial charge in [-0.15, -0.1) is 0 Å². The highest BCUT2D eigenvalue weighted by molar-refractivity contribution is 6.16.